The summed E-state index contributed by atoms with van der Waals surface area (Å²) in [5, 5.41) is 4.48. The van der Waals surface area contributed by atoms with Crippen LogP contribution in [0, 0.1) is 6.92 Å². The van der Waals surface area contributed by atoms with Crippen LogP contribution in [0.5, 0.6) is 0 Å². The molecule has 0 aliphatic rings. The van der Waals surface area contributed by atoms with Crippen LogP contribution in [-0.2, 0) is 19.4 Å². The first-order chi connectivity index (χ1) is 9.15. The standard InChI is InChI=1S/C16H23N3/c1-4-13-8-6-7-9-15(13)16(17)11-14-10-12(3)18-19(14)5-2/h6-10,16H,4-5,11,17H2,1-3H3. The van der Waals surface area contributed by atoms with Gasteiger partial charge in [-0.15, -0.1) is 0 Å². The van der Waals surface area contributed by atoms with Gasteiger partial charge in [-0.05, 0) is 37.5 Å². The van der Waals surface area contributed by atoms with E-state index in [4.69, 9.17) is 5.73 Å². The Bertz CT molecular complexity index is 543. The molecule has 1 aromatic carbocycles. The molecule has 1 aromatic heterocycles. The van der Waals surface area contributed by atoms with Gasteiger partial charge in [0.05, 0.1) is 5.69 Å². The summed E-state index contributed by atoms with van der Waals surface area (Å²) < 4.78 is 2.05. The molecule has 0 bridgehead atoms. The summed E-state index contributed by atoms with van der Waals surface area (Å²) >= 11 is 0. The molecule has 1 heterocycles. The highest BCUT2D eigenvalue weighted by atomic mass is 15.3. The molecule has 0 aliphatic heterocycles. The van der Waals surface area contributed by atoms with Crippen LogP contribution in [0.15, 0.2) is 30.3 Å². The molecule has 2 N–H and O–H groups in total. The van der Waals surface area contributed by atoms with Gasteiger partial charge in [0, 0.05) is 24.7 Å². The number of nitrogens with zero attached hydrogens (tertiary/aromatic N) is 2. The smallest absolute Gasteiger partial charge is 0.0596 e. The Morgan fingerprint density at radius 3 is 2.68 bits per heavy atom. The van der Waals surface area contributed by atoms with E-state index in [0.29, 0.717) is 0 Å². The number of aryl methyl sites for hydroxylation is 3. The van der Waals surface area contributed by atoms with Crippen LogP contribution in [0.2, 0.25) is 0 Å². The highest BCUT2D eigenvalue weighted by molar-refractivity contribution is 5.31. The molecule has 0 radical (unpaired) electrons. The van der Waals surface area contributed by atoms with E-state index in [1.165, 1.54) is 16.8 Å². The van der Waals surface area contributed by atoms with Crippen LogP contribution in [-0.4, -0.2) is 9.78 Å². The van der Waals surface area contributed by atoms with Crippen molar-refractivity contribution in [2.24, 2.45) is 5.73 Å². The summed E-state index contributed by atoms with van der Waals surface area (Å²) in [5.41, 5.74) is 11.3. The van der Waals surface area contributed by atoms with E-state index in [9.17, 15) is 0 Å². The molecule has 0 amide bonds. The molecule has 19 heavy (non-hydrogen) atoms. The van der Waals surface area contributed by atoms with Crippen LogP contribution in [0.25, 0.3) is 0 Å². The Kier molecular flexibility index (Phi) is 4.38. The molecule has 2 rings (SSSR count). The monoisotopic (exact) mass is 257 g/mol. The minimum absolute atomic E-state index is 0.0394. The molecule has 0 fully saturated rings. The highest BCUT2D eigenvalue weighted by Gasteiger charge is 2.13. The molecular formula is C16H23N3. The summed E-state index contributed by atoms with van der Waals surface area (Å²) in [5.74, 6) is 0. The SMILES string of the molecule is CCc1ccccc1C(N)Cc1cc(C)nn1CC. The Morgan fingerprint density at radius 1 is 1.26 bits per heavy atom. The Morgan fingerprint density at radius 2 is 2.00 bits per heavy atom. The fourth-order valence-electron chi connectivity index (χ4n) is 2.59. The topological polar surface area (TPSA) is 43.8 Å². The second-order valence-corrected chi connectivity index (χ2v) is 4.96. The van der Waals surface area contributed by atoms with Gasteiger partial charge in [-0.25, -0.2) is 0 Å². The lowest BCUT2D eigenvalue weighted by Gasteiger charge is -2.16. The van der Waals surface area contributed by atoms with E-state index in [0.717, 1.165) is 25.1 Å². The number of hydrogen-bond donors (Lipinski definition) is 1. The van der Waals surface area contributed by atoms with Gasteiger partial charge >= 0.3 is 0 Å². The van der Waals surface area contributed by atoms with Gasteiger partial charge in [0.15, 0.2) is 0 Å². The molecule has 0 spiro atoms. The lowest BCUT2D eigenvalue weighted by atomic mass is 9.96. The molecule has 3 nitrogen and oxygen atoms in total. The minimum Gasteiger partial charge on any atom is -0.324 e. The highest BCUT2D eigenvalue weighted by Crippen LogP contribution is 2.21. The second-order valence-electron chi connectivity index (χ2n) is 4.96. The average Bonchev–Trinajstić information content (AvgIpc) is 2.78. The van der Waals surface area contributed by atoms with E-state index >= 15 is 0 Å². The fraction of sp³-hybridized carbons (Fsp3) is 0.438. The largest absolute Gasteiger partial charge is 0.324 e. The first-order valence-electron chi connectivity index (χ1n) is 7.02. The van der Waals surface area contributed by atoms with Crippen molar-refractivity contribution in [3.05, 3.63) is 52.8 Å². The van der Waals surface area contributed by atoms with Crippen molar-refractivity contribution in [3.63, 3.8) is 0 Å². The predicted molar refractivity (Wildman–Crippen MR) is 79.1 cm³/mol. The van der Waals surface area contributed by atoms with E-state index in [1.54, 1.807) is 0 Å². The summed E-state index contributed by atoms with van der Waals surface area (Å²) in [6.07, 6.45) is 1.86. The number of nitrogens with two attached hydrogens (primary N) is 1. The van der Waals surface area contributed by atoms with Crippen molar-refractivity contribution in [1.29, 1.82) is 0 Å². The third-order valence-corrected chi connectivity index (χ3v) is 3.55. The zero-order valence-electron chi connectivity index (χ0n) is 12.1. The molecule has 0 saturated carbocycles. The third-order valence-electron chi connectivity index (χ3n) is 3.55. The fourth-order valence-corrected chi connectivity index (χ4v) is 2.59. The number of aromatic nitrogens is 2. The van der Waals surface area contributed by atoms with Crippen molar-refractivity contribution in [3.8, 4) is 0 Å². The van der Waals surface area contributed by atoms with E-state index in [-0.39, 0.29) is 6.04 Å². The van der Waals surface area contributed by atoms with Crippen LogP contribution in [0.4, 0.5) is 0 Å². The second kappa shape index (κ2) is 6.02. The average molecular weight is 257 g/mol. The molecule has 3 heteroatoms. The first kappa shape index (κ1) is 13.8. The third kappa shape index (κ3) is 3.04. The van der Waals surface area contributed by atoms with Gasteiger partial charge in [0.25, 0.3) is 0 Å². The van der Waals surface area contributed by atoms with Crippen molar-refractivity contribution < 1.29 is 0 Å². The summed E-state index contributed by atoms with van der Waals surface area (Å²) in [4.78, 5) is 0. The van der Waals surface area contributed by atoms with Gasteiger partial charge in [0.2, 0.25) is 0 Å². The van der Waals surface area contributed by atoms with Gasteiger partial charge in [-0.1, -0.05) is 31.2 Å². The van der Waals surface area contributed by atoms with Crippen LogP contribution in [0.1, 0.15) is 42.4 Å². The summed E-state index contributed by atoms with van der Waals surface area (Å²) in [6, 6.07) is 10.6. The van der Waals surface area contributed by atoms with Crippen molar-refractivity contribution in [1.82, 2.24) is 9.78 Å². The van der Waals surface area contributed by atoms with Gasteiger partial charge in [0.1, 0.15) is 0 Å². The normalized spacial score (nSPS) is 12.6. The molecule has 2 aromatic rings. The lowest BCUT2D eigenvalue weighted by molar-refractivity contribution is 0.586. The van der Waals surface area contributed by atoms with E-state index in [2.05, 4.69) is 49.3 Å². The Hall–Kier alpha value is -1.61. The zero-order valence-corrected chi connectivity index (χ0v) is 12.1. The van der Waals surface area contributed by atoms with Crippen molar-refractivity contribution in [2.45, 2.75) is 46.2 Å². The van der Waals surface area contributed by atoms with Crippen LogP contribution >= 0.6 is 0 Å². The Labute approximate surface area is 115 Å². The molecule has 1 atom stereocenters. The van der Waals surface area contributed by atoms with E-state index in [1.807, 2.05) is 11.6 Å². The molecular weight excluding hydrogens is 234 g/mol. The Balaban J connectivity index is 2.22. The van der Waals surface area contributed by atoms with Crippen molar-refractivity contribution >= 4 is 0 Å². The quantitative estimate of drug-likeness (QED) is 0.894. The lowest BCUT2D eigenvalue weighted by Crippen LogP contribution is -2.17. The van der Waals surface area contributed by atoms with Crippen LogP contribution in [0.3, 0.4) is 0 Å². The summed E-state index contributed by atoms with van der Waals surface area (Å²) in [7, 11) is 0. The maximum absolute atomic E-state index is 6.40. The number of rotatable bonds is 5. The molecule has 102 valence electrons. The van der Waals surface area contributed by atoms with Gasteiger partial charge in [-0.2, -0.15) is 5.10 Å². The maximum Gasteiger partial charge on any atom is 0.0596 e. The number of benzene rings is 1. The van der Waals surface area contributed by atoms with Gasteiger partial charge < -0.3 is 5.73 Å². The minimum atomic E-state index is 0.0394. The van der Waals surface area contributed by atoms with Gasteiger partial charge in [-0.3, -0.25) is 4.68 Å². The molecule has 0 aliphatic carbocycles. The van der Waals surface area contributed by atoms with Crippen LogP contribution < -0.4 is 5.73 Å². The molecule has 1 unspecified atom stereocenters. The number of hydrogen-bond acceptors (Lipinski definition) is 2. The molecule has 0 saturated heterocycles. The first-order valence-corrected chi connectivity index (χ1v) is 7.02. The maximum atomic E-state index is 6.40. The zero-order chi connectivity index (χ0) is 13.8. The predicted octanol–water partition coefficient (Wildman–Crippen LogP) is 3.02. The van der Waals surface area contributed by atoms with E-state index < -0.39 is 0 Å². The summed E-state index contributed by atoms with van der Waals surface area (Å²) in [6.45, 7) is 7.21. The van der Waals surface area contributed by atoms with Crippen molar-refractivity contribution in [2.75, 3.05) is 0 Å².